The van der Waals surface area contributed by atoms with E-state index in [0.717, 1.165) is 136 Å². The van der Waals surface area contributed by atoms with Gasteiger partial charge in [0.1, 0.15) is 5.01 Å². The summed E-state index contributed by atoms with van der Waals surface area (Å²) < 4.78 is 125. The molecule has 0 unspecified atom stereocenters. The van der Waals surface area contributed by atoms with Gasteiger partial charge in [0.15, 0.2) is 52.3 Å². The predicted molar refractivity (Wildman–Crippen MR) is 601 cm³/mol. The highest BCUT2D eigenvalue weighted by molar-refractivity contribution is 7.93. The smallest absolute Gasteiger partial charge is 0.414 e. The van der Waals surface area contributed by atoms with Crippen molar-refractivity contribution in [1.82, 2.24) is 85.2 Å². The molecule has 0 amide bonds. The highest BCUT2D eigenvalue weighted by Gasteiger charge is 2.35. The van der Waals surface area contributed by atoms with E-state index in [1.165, 1.54) is 49.3 Å². The average molecular weight is 2220 g/mol. The Morgan fingerprint density at radius 2 is 1.00 bits per heavy atom. The lowest BCUT2D eigenvalue weighted by Gasteiger charge is -2.16. The van der Waals surface area contributed by atoms with Gasteiger partial charge in [-0.05, 0) is 209 Å². The molecule has 39 nitrogen and oxygen atoms in total. The van der Waals surface area contributed by atoms with Gasteiger partial charge in [0.05, 0.1) is 163 Å². The number of ether oxygens (including phenoxy) is 10. The van der Waals surface area contributed by atoms with E-state index in [1.54, 1.807) is 158 Å². The molecule has 13 heterocycles. The van der Waals surface area contributed by atoms with Gasteiger partial charge < -0.3 is 73.1 Å². The van der Waals surface area contributed by atoms with Crippen molar-refractivity contribution < 1.29 is 77.0 Å². The van der Waals surface area contributed by atoms with Crippen LogP contribution >= 0.6 is 56.7 Å². The molecule has 2 fully saturated rings. The molecule has 5 N–H and O–H groups in total. The molecule has 0 bridgehead atoms. The summed E-state index contributed by atoms with van der Waals surface area (Å²) in [5.41, 5.74) is 23.1. The van der Waals surface area contributed by atoms with Gasteiger partial charge in [-0.2, -0.15) is 0 Å². The van der Waals surface area contributed by atoms with Crippen LogP contribution in [0.5, 0.6) is 55.2 Å². The number of nitrogens with one attached hydrogen (secondary N) is 1. The second-order valence-corrected chi connectivity index (χ2v) is 44.6. The van der Waals surface area contributed by atoms with Crippen molar-refractivity contribution in [2.24, 2.45) is 0 Å². The Morgan fingerprint density at radius 3 is 1.36 bits per heavy atom. The number of sulfonamides is 1. The molecule has 47 heteroatoms. The SMILES string of the molecule is CCOc1ccc(C)s1.CCOc1nc(C)cnc1N.CCOc1nc(C)cnc1N.CCS(=O)(=O)Cc1cccc(C)c1.CCc1cccc(C)n1.COc1ccc(C)s1.COc1cnc(C)s1.COc1cncc(C)n1.COc1nc(C)cnc1N(C)C.COc1ncc(C)s1.COc1nnc(C)o1.COc1nnc(C)s1.Cc1cccc(CS(=O)(=O)C2CC2)c1.Cc1cccc(N2CCCS2(=O)=O)c1.Cc1cncc(=O)[nH]1. The van der Waals surface area contributed by atoms with E-state index in [4.69, 9.17) is 58.5 Å². The monoisotopic (exact) mass is 2220 g/mol. The number of sulfone groups is 2. The second kappa shape index (κ2) is 71.2. The first-order valence-corrected chi connectivity index (χ1v) is 56.2. The number of thiazole rings is 2. The summed E-state index contributed by atoms with van der Waals surface area (Å²) in [7, 11) is 6.22. The Bertz CT molecular complexity index is 6440. The number of nitrogen functional groups attached to an aromatic ring is 2. The lowest BCUT2D eigenvalue weighted by molar-refractivity contribution is 0.284. The molecule has 0 spiro atoms. The standard InChI is InChI=1S/C11H14O2S.C10H13NO2S.C10H14O2S.C8H13N3O.C8H11N.2C7H11N3O.C7H10OS.C6H8N2O.C6H8OS.C5H6N2O.2C5H7NOS.C4H6N2O2.C4H6N2OS/c1-9-3-2-4-10(7-9)8-14(12,13)11-5-6-11;1-9-4-2-5-10(8-9)11-6-3-7-14(11,12)13;1-3-13(11,12)8-10-6-4-5-9(2)7-10;1-6-5-9-7(11(2)3)8(10-6)12-4;1-3-8-6-4-5-7(2)9-8;2*1-3-11-7-6(8)9-4-5(2)10-7;1-3-8-7-5-4-6(2)9-7;1-5-3-7-4-6(8-5)9-2;1-5-3-4-6(7-2)8-5;1-4-2-6-3-5(8)7-4;1-4-6-3-5(7-2)8-4;1-4-3-6-5(7-2)8-4;2*1-3-5-6-4(7-2)8-3/h2-4,7,11H,5-6,8H2,1H3;2,4-5,8H,3,6-7H2,1H3;4-7H,3,8H2,1-2H3;5H,1-4H3;4-6H,3H2,1-2H3;2*4H,3H2,1-2H3,(H2,8,9);4-5H,3H2,1-2H3;3-4H,1-2H3;3-4H,1-2H3;2-3H,1H3,(H,7,8);2*3H,1-2H3;2*1-2H3. The van der Waals surface area contributed by atoms with Crippen molar-refractivity contribution in [1.29, 1.82) is 0 Å². The molecule has 3 aromatic carbocycles. The van der Waals surface area contributed by atoms with Crippen LogP contribution in [-0.4, -0.2) is 217 Å². The highest BCUT2D eigenvalue weighted by Crippen LogP contribution is 2.32. The van der Waals surface area contributed by atoms with E-state index in [9.17, 15) is 30.0 Å². The van der Waals surface area contributed by atoms with Crippen LogP contribution in [0.1, 0.15) is 152 Å². The molecule has 2 aliphatic rings. The molecule has 1 saturated carbocycles. The van der Waals surface area contributed by atoms with Crippen molar-refractivity contribution in [2.75, 3.05) is 122 Å². The maximum Gasteiger partial charge on any atom is 0.414 e. The van der Waals surface area contributed by atoms with Gasteiger partial charge in [0, 0.05) is 83.6 Å². The van der Waals surface area contributed by atoms with Crippen LogP contribution in [0, 0.1) is 104 Å². The Labute approximate surface area is 903 Å². The number of hydrogen-bond acceptors (Lipinski definition) is 42. The fraction of sp³-hybridized carbons (Fsp3) is 0.408. The molecule has 0 radical (unpaired) electrons. The number of rotatable bonds is 22. The lowest BCUT2D eigenvalue weighted by atomic mass is 10.2. The zero-order chi connectivity index (χ0) is 112. The Balaban J connectivity index is 0.000000414. The van der Waals surface area contributed by atoms with Crippen molar-refractivity contribution in [2.45, 2.75) is 181 Å². The summed E-state index contributed by atoms with van der Waals surface area (Å²) in [6.45, 7) is 40.9. The zero-order valence-corrected chi connectivity index (χ0v) is 97.6. The number of anilines is 4. The first kappa shape index (κ1) is 131. The largest absolute Gasteiger partial charge is 0.487 e. The molecule has 150 heavy (non-hydrogen) atoms. The number of nitrogens with two attached hydrogens (primary N) is 2. The number of pyridine rings is 1. The van der Waals surface area contributed by atoms with Crippen LogP contribution < -0.4 is 73.6 Å². The number of nitrogens with zero attached hydrogens (tertiary/aromatic N) is 18. The zero-order valence-electron chi connectivity index (χ0n) is 91.0. The van der Waals surface area contributed by atoms with Crippen LogP contribution in [0.15, 0.2) is 180 Å². The van der Waals surface area contributed by atoms with Crippen molar-refractivity contribution in [3.05, 3.63) is 280 Å². The van der Waals surface area contributed by atoms with Gasteiger partial charge in [-0.25, -0.2) is 70.1 Å². The van der Waals surface area contributed by atoms with Crippen molar-refractivity contribution in [3.63, 3.8) is 0 Å². The van der Waals surface area contributed by atoms with E-state index in [0.29, 0.717) is 66.0 Å². The summed E-state index contributed by atoms with van der Waals surface area (Å²) in [6, 6.07) is 37.1. The number of aromatic amines is 1. The Hall–Kier alpha value is -13.6. The normalized spacial score (nSPS) is 11.3. The molecule has 12 aromatic heterocycles. The van der Waals surface area contributed by atoms with Gasteiger partial charge >= 0.3 is 6.08 Å². The fourth-order valence-corrected chi connectivity index (χ4v) is 18.6. The Morgan fingerprint density at radius 1 is 0.460 bits per heavy atom. The van der Waals surface area contributed by atoms with Gasteiger partial charge in [-0.15, -0.1) is 38.0 Å². The summed E-state index contributed by atoms with van der Waals surface area (Å²) in [4.78, 5) is 66.5. The minimum atomic E-state index is -3.02. The number of aromatic nitrogens is 17. The maximum absolute atomic E-state index is 11.7. The molecular formula is C103H145N21O18S8. The van der Waals surface area contributed by atoms with E-state index >= 15 is 0 Å². The third-order valence-electron chi connectivity index (χ3n) is 18.5. The molecule has 15 aromatic rings. The van der Waals surface area contributed by atoms with E-state index in [-0.39, 0.29) is 39.9 Å². The van der Waals surface area contributed by atoms with Gasteiger partial charge in [-0.1, -0.05) is 131 Å². The summed E-state index contributed by atoms with van der Waals surface area (Å²) in [6.07, 6.45) is 18.2. The van der Waals surface area contributed by atoms with Gasteiger partial charge in [0.2, 0.25) is 21.8 Å². The molecule has 1 aliphatic heterocycles. The third-order valence-corrected chi connectivity index (χ3v) is 28.6. The number of thiophene rings is 2. The summed E-state index contributed by atoms with van der Waals surface area (Å²) in [5.74, 6) is 4.79. The van der Waals surface area contributed by atoms with Crippen LogP contribution in [0.2, 0.25) is 0 Å². The minimum Gasteiger partial charge on any atom is -0.487 e. The highest BCUT2D eigenvalue weighted by atomic mass is 32.2. The molecule has 1 aliphatic carbocycles. The summed E-state index contributed by atoms with van der Waals surface area (Å²) in [5, 5.41) is 20.6. The van der Waals surface area contributed by atoms with Crippen LogP contribution in [0.3, 0.4) is 0 Å². The van der Waals surface area contributed by atoms with Gasteiger partial charge in [0.25, 0.3) is 33.6 Å². The van der Waals surface area contributed by atoms with E-state index in [1.807, 2.05) is 225 Å². The van der Waals surface area contributed by atoms with Gasteiger partial charge in [-0.3, -0.25) is 24.1 Å². The first-order valence-electron chi connectivity index (χ1n) is 47.0. The van der Waals surface area contributed by atoms with E-state index < -0.39 is 29.7 Å². The molecule has 0 atom stereocenters. The number of hydrogen-bond donors (Lipinski definition) is 3. The topological polar surface area (TPSA) is 505 Å². The quantitative estimate of drug-likeness (QED) is 0.0567. The fourth-order valence-electron chi connectivity index (χ4n) is 11.3. The molecule has 1 saturated heterocycles. The minimum absolute atomic E-state index is 0.0528. The Kier molecular flexibility index (Phi) is 62.0. The van der Waals surface area contributed by atoms with Crippen molar-refractivity contribution in [3.8, 4) is 55.2 Å². The average Bonchev–Trinajstić information content (AvgIpc) is 1.73. The number of H-pyrrole nitrogens is 1. The first-order chi connectivity index (χ1) is 71.2. The van der Waals surface area contributed by atoms with E-state index in [2.05, 4.69) is 117 Å². The predicted octanol–water partition coefficient (Wildman–Crippen LogP) is 19.4. The number of aryl methyl sites for hydroxylation is 16. The third kappa shape index (κ3) is 55.6. The van der Waals surface area contributed by atoms with Crippen LogP contribution in [0.4, 0.5) is 23.1 Å². The van der Waals surface area contributed by atoms with Crippen LogP contribution in [0.25, 0.3) is 0 Å². The maximum atomic E-state index is 11.7. The molecule has 818 valence electrons. The summed E-state index contributed by atoms with van der Waals surface area (Å²) >= 11 is 7.91. The molecule has 17 rings (SSSR count). The lowest BCUT2D eigenvalue weighted by Crippen LogP contribution is -2.24. The van der Waals surface area contributed by atoms with Crippen molar-refractivity contribution >= 4 is 110 Å². The second-order valence-electron chi connectivity index (χ2n) is 31.9. The number of methoxy groups -OCH3 is 7. The molecular weight excluding hydrogens is 2080 g/mol. The number of benzene rings is 3. The van der Waals surface area contributed by atoms with Crippen LogP contribution in [-0.2, 0) is 47.6 Å².